The van der Waals surface area contributed by atoms with Crippen LogP contribution in [0, 0.1) is 13.8 Å². The average molecular weight is 473 g/mol. The number of aliphatic hydroxyl groups is 1. The highest BCUT2D eigenvalue weighted by Crippen LogP contribution is 2.27. The number of rotatable bonds is 7. The van der Waals surface area contributed by atoms with Crippen LogP contribution in [0.4, 0.5) is 23.0 Å². The Bertz CT molecular complexity index is 1370. The molecule has 0 radical (unpaired) electrons. The summed E-state index contributed by atoms with van der Waals surface area (Å²) in [5.74, 6) is 1.72. The van der Waals surface area contributed by atoms with Crippen molar-refractivity contribution in [3.8, 4) is 5.82 Å². The molecule has 0 spiro atoms. The number of aryl methyl sites for hydroxylation is 2. The van der Waals surface area contributed by atoms with Gasteiger partial charge in [0.05, 0.1) is 11.4 Å². The van der Waals surface area contributed by atoms with Gasteiger partial charge in [-0.3, -0.25) is 9.78 Å². The molecule has 0 unspecified atom stereocenters. The van der Waals surface area contributed by atoms with Crippen molar-refractivity contribution in [2.75, 3.05) is 23.0 Å². The van der Waals surface area contributed by atoms with Crippen LogP contribution < -0.4 is 16.0 Å². The first-order valence-corrected chi connectivity index (χ1v) is 11.1. The Morgan fingerprint density at radius 2 is 1.83 bits per heavy atom. The van der Waals surface area contributed by atoms with Gasteiger partial charge in [0.2, 0.25) is 0 Å². The quantitative estimate of drug-likeness (QED) is 0.318. The molecule has 1 aromatic carbocycles. The highest BCUT2D eigenvalue weighted by Gasteiger charge is 2.19. The van der Waals surface area contributed by atoms with Gasteiger partial charge in [0.15, 0.2) is 5.82 Å². The van der Waals surface area contributed by atoms with Crippen LogP contribution in [-0.2, 0) is 5.60 Å². The molecule has 0 aliphatic rings. The number of aromatic nitrogens is 5. The third kappa shape index (κ3) is 5.44. The van der Waals surface area contributed by atoms with Crippen LogP contribution in [0.1, 0.15) is 41.2 Å². The molecule has 0 saturated carbocycles. The highest BCUT2D eigenvalue weighted by atomic mass is 16.3. The van der Waals surface area contributed by atoms with E-state index in [1.165, 1.54) is 12.5 Å². The first kappa shape index (κ1) is 23.8. The first-order chi connectivity index (χ1) is 16.6. The molecule has 0 atom stereocenters. The number of nitrogens with one attached hydrogen (secondary N) is 3. The zero-order valence-electron chi connectivity index (χ0n) is 20.3. The number of benzene rings is 1. The molecular weight excluding hydrogens is 444 g/mol. The Hall–Kier alpha value is -4.31. The second-order valence-electron chi connectivity index (χ2n) is 8.69. The summed E-state index contributed by atoms with van der Waals surface area (Å²) >= 11 is 0. The summed E-state index contributed by atoms with van der Waals surface area (Å²) in [5.41, 5.74) is 2.91. The van der Waals surface area contributed by atoms with E-state index in [2.05, 4.69) is 36.0 Å². The molecule has 4 rings (SSSR count). The lowest BCUT2D eigenvalue weighted by molar-refractivity contribution is 0.0737. The number of hydrogen-bond acceptors (Lipinski definition) is 8. The fourth-order valence-electron chi connectivity index (χ4n) is 3.44. The van der Waals surface area contributed by atoms with Gasteiger partial charge in [0.1, 0.15) is 23.6 Å². The molecule has 3 aromatic heterocycles. The molecule has 10 heteroatoms. The molecule has 1 amide bonds. The smallest absolute Gasteiger partial charge is 0.255 e. The summed E-state index contributed by atoms with van der Waals surface area (Å²) in [4.78, 5) is 25.5. The average Bonchev–Trinajstić information content (AvgIpc) is 3.20. The summed E-state index contributed by atoms with van der Waals surface area (Å²) in [6, 6.07) is 12.5. The van der Waals surface area contributed by atoms with Crippen molar-refractivity contribution in [2.45, 2.75) is 33.3 Å². The summed E-state index contributed by atoms with van der Waals surface area (Å²) in [7, 11) is 1.79. The highest BCUT2D eigenvalue weighted by molar-refractivity contribution is 6.04. The molecule has 10 nitrogen and oxygen atoms in total. The predicted octanol–water partition coefficient (Wildman–Crippen LogP) is 3.94. The summed E-state index contributed by atoms with van der Waals surface area (Å²) < 4.78 is 1.71. The number of carbonyl (C=O) groups excluding carboxylic acids is 1. The molecule has 0 aliphatic carbocycles. The second kappa shape index (κ2) is 9.51. The van der Waals surface area contributed by atoms with Gasteiger partial charge < -0.3 is 21.1 Å². The third-order valence-corrected chi connectivity index (χ3v) is 5.36. The maximum atomic E-state index is 12.9. The molecule has 0 bridgehead atoms. The van der Waals surface area contributed by atoms with E-state index < -0.39 is 5.60 Å². The second-order valence-corrected chi connectivity index (χ2v) is 8.69. The number of anilines is 4. The summed E-state index contributed by atoms with van der Waals surface area (Å²) in [6.45, 7) is 7.14. The minimum Gasteiger partial charge on any atom is -0.384 e. The molecule has 0 aliphatic heterocycles. The zero-order valence-corrected chi connectivity index (χ0v) is 20.3. The fourth-order valence-corrected chi connectivity index (χ4v) is 3.44. The van der Waals surface area contributed by atoms with Crippen LogP contribution in [0.25, 0.3) is 5.82 Å². The van der Waals surface area contributed by atoms with E-state index in [9.17, 15) is 9.90 Å². The van der Waals surface area contributed by atoms with Gasteiger partial charge in [-0.05, 0) is 57.5 Å². The van der Waals surface area contributed by atoms with Crippen molar-refractivity contribution in [2.24, 2.45) is 0 Å². The van der Waals surface area contributed by atoms with E-state index in [1.807, 2.05) is 38.1 Å². The Morgan fingerprint density at radius 3 is 2.57 bits per heavy atom. The van der Waals surface area contributed by atoms with Crippen molar-refractivity contribution in [3.63, 3.8) is 0 Å². The molecule has 4 aromatic rings. The lowest BCUT2D eigenvalue weighted by Gasteiger charge is -2.17. The Labute approximate surface area is 203 Å². The normalized spacial score (nSPS) is 11.3. The van der Waals surface area contributed by atoms with Gasteiger partial charge >= 0.3 is 0 Å². The molecule has 0 saturated heterocycles. The maximum absolute atomic E-state index is 12.9. The topological polar surface area (TPSA) is 130 Å². The molecule has 3 heterocycles. The number of pyridine rings is 1. The monoisotopic (exact) mass is 472 g/mol. The fraction of sp³-hybridized carbons (Fsp3) is 0.240. The van der Waals surface area contributed by atoms with Crippen LogP contribution in [0.5, 0.6) is 0 Å². The largest absolute Gasteiger partial charge is 0.384 e. The van der Waals surface area contributed by atoms with Gasteiger partial charge in [0, 0.05) is 42.3 Å². The van der Waals surface area contributed by atoms with E-state index >= 15 is 0 Å². The van der Waals surface area contributed by atoms with E-state index in [-0.39, 0.29) is 5.91 Å². The molecular formula is C25H28N8O2. The van der Waals surface area contributed by atoms with E-state index in [1.54, 1.807) is 43.8 Å². The summed E-state index contributed by atoms with van der Waals surface area (Å²) in [5, 5.41) is 24.1. The molecule has 35 heavy (non-hydrogen) atoms. The van der Waals surface area contributed by atoms with Crippen LogP contribution >= 0.6 is 0 Å². The third-order valence-electron chi connectivity index (χ3n) is 5.36. The Kier molecular flexibility index (Phi) is 6.48. The van der Waals surface area contributed by atoms with E-state index in [0.29, 0.717) is 28.6 Å². The number of nitrogens with zero attached hydrogens (tertiary/aromatic N) is 5. The number of hydrogen-bond donors (Lipinski definition) is 4. The molecule has 4 N–H and O–H groups in total. The van der Waals surface area contributed by atoms with Crippen LogP contribution in [0.15, 0.2) is 55.0 Å². The van der Waals surface area contributed by atoms with Crippen molar-refractivity contribution < 1.29 is 9.90 Å². The zero-order chi connectivity index (χ0) is 25.2. The van der Waals surface area contributed by atoms with Crippen molar-refractivity contribution in [1.29, 1.82) is 0 Å². The van der Waals surface area contributed by atoms with Gasteiger partial charge in [0.25, 0.3) is 5.91 Å². The Morgan fingerprint density at radius 1 is 1.03 bits per heavy atom. The SMILES string of the molecule is CNc1cc(-n2nc(C)cc2Nc2cc(NC(=O)c3ccnc(C(C)(C)O)c3)ccc2C)ncn1. The molecule has 0 fully saturated rings. The van der Waals surface area contributed by atoms with Crippen molar-refractivity contribution in [1.82, 2.24) is 24.7 Å². The van der Waals surface area contributed by atoms with Gasteiger partial charge in [-0.25, -0.2) is 9.97 Å². The maximum Gasteiger partial charge on any atom is 0.255 e. The van der Waals surface area contributed by atoms with Gasteiger partial charge in [-0.2, -0.15) is 9.78 Å². The van der Waals surface area contributed by atoms with Gasteiger partial charge in [-0.1, -0.05) is 6.07 Å². The van der Waals surface area contributed by atoms with Crippen LogP contribution in [0.3, 0.4) is 0 Å². The van der Waals surface area contributed by atoms with Gasteiger partial charge in [-0.15, -0.1) is 0 Å². The van der Waals surface area contributed by atoms with E-state index in [4.69, 9.17) is 0 Å². The lowest BCUT2D eigenvalue weighted by Crippen LogP contribution is -2.19. The van der Waals surface area contributed by atoms with Crippen LogP contribution in [-0.4, -0.2) is 42.8 Å². The Balaban J connectivity index is 1.59. The summed E-state index contributed by atoms with van der Waals surface area (Å²) in [6.07, 6.45) is 2.99. The van der Waals surface area contributed by atoms with Crippen LogP contribution in [0.2, 0.25) is 0 Å². The number of amides is 1. The first-order valence-electron chi connectivity index (χ1n) is 11.1. The van der Waals surface area contributed by atoms with E-state index in [0.717, 1.165) is 22.8 Å². The molecule has 180 valence electrons. The minimum absolute atomic E-state index is 0.297. The predicted molar refractivity (Wildman–Crippen MR) is 135 cm³/mol. The standard InChI is InChI=1S/C25H28N8O2/c1-15-6-7-18(30-24(34)17-8-9-27-20(11-17)25(3,4)35)12-19(15)31-23-10-16(2)32-33(23)22-13-21(26-5)28-14-29-22/h6-14,31,35H,1-5H3,(H,30,34)(H,26,28,29). The minimum atomic E-state index is -1.14. The van der Waals surface area contributed by atoms with Crippen molar-refractivity contribution in [3.05, 3.63) is 77.5 Å². The lowest BCUT2D eigenvalue weighted by atomic mass is 10.0. The van der Waals surface area contributed by atoms with Crippen molar-refractivity contribution >= 4 is 28.9 Å². The number of carbonyl (C=O) groups is 1.